The quantitative estimate of drug-likeness (QED) is 0.898. The van der Waals surface area contributed by atoms with Crippen LogP contribution in [0.1, 0.15) is 38.8 Å². The number of carboxylic acid groups (broad SMARTS) is 1. The number of carboxylic acids is 1. The third-order valence-electron chi connectivity index (χ3n) is 4.66. The maximum Gasteiger partial charge on any atom is 0.306 e. The Bertz CT molecular complexity index is 441. The number of aromatic nitrogens is 1. The predicted octanol–water partition coefficient (Wildman–Crippen LogP) is 2.59. The number of carbonyl (C=O) groups is 1. The first-order valence-corrected chi connectivity index (χ1v) is 7.43. The largest absolute Gasteiger partial charge is 0.481 e. The van der Waals surface area contributed by atoms with Crippen molar-refractivity contribution in [3.63, 3.8) is 0 Å². The third-order valence-corrected chi connectivity index (χ3v) is 4.66. The highest BCUT2D eigenvalue weighted by atomic mass is 16.4. The number of pyridine rings is 1. The summed E-state index contributed by atoms with van der Waals surface area (Å²) in [6.45, 7) is 6.21. The van der Waals surface area contributed by atoms with Crippen LogP contribution in [-0.4, -0.2) is 39.6 Å². The normalized spacial score (nSPS) is 20.5. The molecule has 1 unspecified atom stereocenters. The zero-order valence-electron chi connectivity index (χ0n) is 12.4. The van der Waals surface area contributed by atoms with Crippen molar-refractivity contribution in [1.29, 1.82) is 0 Å². The highest BCUT2D eigenvalue weighted by Crippen LogP contribution is 2.29. The van der Waals surface area contributed by atoms with Gasteiger partial charge >= 0.3 is 5.97 Å². The van der Waals surface area contributed by atoms with Crippen LogP contribution in [0, 0.1) is 5.92 Å². The molecule has 1 saturated heterocycles. The van der Waals surface area contributed by atoms with Crippen molar-refractivity contribution < 1.29 is 9.90 Å². The van der Waals surface area contributed by atoms with Gasteiger partial charge in [-0.15, -0.1) is 0 Å². The van der Waals surface area contributed by atoms with Gasteiger partial charge in [-0.05, 0) is 51.4 Å². The summed E-state index contributed by atoms with van der Waals surface area (Å²) in [6, 6.07) is 6.03. The standard InChI is InChI=1S/C16H24N2O2/c1-3-16(2,12-14-6-4-5-9-17-14)18-10-7-13(8-11-18)15(19)20/h4-6,9,13H,3,7-8,10-12H2,1-2H3,(H,19,20). The lowest BCUT2D eigenvalue weighted by atomic mass is 9.86. The van der Waals surface area contributed by atoms with Crippen molar-refractivity contribution in [2.24, 2.45) is 5.92 Å². The molecule has 20 heavy (non-hydrogen) atoms. The highest BCUT2D eigenvalue weighted by Gasteiger charge is 2.35. The fourth-order valence-corrected chi connectivity index (χ4v) is 3.02. The van der Waals surface area contributed by atoms with Crippen LogP contribution in [-0.2, 0) is 11.2 Å². The molecule has 0 spiro atoms. The van der Waals surface area contributed by atoms with Gasteiger partial charge in [0.1, 0.15) is 0 Å². The van der Waals surface area contributed by atoms with E-state index in [0.717, 1.165) is 44.5 Å². The van der Waals surface area contributed by atoms with Crippen molar-refractivity contribution >= 4 is 5.97 Å². The van der Waals surface area contributed by atoms with Gasteiger partial charge in [0.15, 0.2) is 0 Å². The maximum atomic E-state index is 11.0. The van der Waals surface area contributed by atoms with Crippen LogP contribution in [0.25, 0.3) is 0 Å². The average Bonchev–Trinajstić information content (AvgIpc) is 2.48. The molecule has 0 bridgehead atoms. The molecule has 0 amide bonds. The zero-order chi connectivity index (χ0) is 14.6. The summed E-state index contributed by atoms with van der Waals surface area (Å²) in [6.07, 6.45) is 5.31. The Kier molecular flexibility index (Phi) is 4.76. The van der Waals surface area contributed by atoms with Crippen molar-refractivity contribution in [2.75, 3.05) is 13.1 Å². The molecule has 0 radical (unpaired) electrons. The van der Waals surface area contributed by atoms with Gasteiger partial charge in [0.2, 0.25) is 0 Å². The van der Waals surface area contributed by atoms with Crippen LogP contribution in [0.3, 0.4) is 0 Å². The Labute approximate surface area is 120 Å². The number of likely N-dealkylation sites (tertiary alicyclic amines) is 1. The molecule has 0 saturated carbocycles. The lowest BCUT2D eigenvalue weighted by Crippen LogP contribution is -2.51. The van der Waals surface area contributed by atoms with Crippen molar-refractivity contribution in [1.82, 2.24) is 9.88 Å². The van der Waals surface area contributed by atoms with Gasteiger partial charge in [-0.1, -0.05) is 13.0 Å². The minimum absolute atomic E-state index is 0.0673. The van der Waals surface area contributed by atoms with E-state index in [1.54, 1.807) is 0 Å². The molecule has 0 aliphatic carbocycles. The Morgan fingerprint density at radius 2 is 2.15 bits per heavy atom. The summed E-state index contributed by atoms with van der Waals surface area (Å²) in [4.78, 5) is 17.9. The molecule has 1 aromatic heterocycles. The number of aliphatic carboxylic acids is 1. The Morgan fingerprint density at radius 1 is 1.45 bits per heavy atom. The molecule has 4 nitrogen and oxygen atoms in total. The van der Waals surface area contributed by atoms with Crippen LogP contribution in [0.4, 0.5) is 0 Å². The number of rotatable bonds is 5. The number of hydrogen-bond donors (Lipinski definition) is 1. The van der Waals surface area contributed by atoms with Crippen LogP contribution in [0.5, 0.6) is 0 Å². The molecule has 2 rings (SSSR count). The van der Waals surface area contributed by atoms with Gasteiger partial charge in [-0.2, -0.15) is 0 Å². The topological polar surface area (TPSA) is 53.4 Å². The second-order valence-corrected chi connectivity index (χ2v) is 5.95. The van der Waals surface area contributed by atoms with E-state index in [-0.39, 0.29) is 11.5 Å². The monoisotopic (exact) mass is 276 g/mol. The first kappa shape index (κ1) is 15.0. The van der Waals surface area contributed by atoms with E-state index in [9.17, 15) is 4.79 Å². The molecule has 4 heteroatoms. The number of piperidine rings is 1. The molecule has 1 fully saturated rings. The zero-order valence-corrected chi connectivity index (χ0v) is 12.4. The lowest BCUT2D eigenvalue weighted by molar-refractivity contribution is -0.143. The van der Waals surface area contributed by atoms with E-state index in [1.165, 1.54) is 0 Å². The van der Waals surface area contributed by atoms with Crippen LogP contribution < -0.4 is 0 Å². The third kappa shape index (κ3) is 3.37. The first-order chi connectivity index (χ1) is 9.55. The van der Waals surface area contributed by atoms with Gasteiger partial charge in [0, 0.05) is 23.9 Å². The van der Waals surface area contributed by atoms with Crippen molar-refractivity contribution in [3.8, 4) is 0 Å². The van der Waals surface area contributed by atoms with E-state index < -0.39 is 5.97 Å². The van der Waals surface area contributed by atoms with E-state index in [0.29, 0.717) is 0 Å². The number of nitrogens with zero attached hydrogens (tertiary/aromatic N) is 2. The molecule has 1 aliphatic rings. The van der Waals surface area contributed by atoms with E-state index in [4.69, 9.17) is 5.11 Å². The second-order valence-electron chi connectivity index (χ2n) is 5.95. The molecule has 1 aliphatic heterocycles. The fourth-order valence-electron chi connectivity index (χ4n) is 3.02. The summed E-state index contributed by atoms with van der Waals surface area (Å²) < 4.78 is 0. The highest BCUT2D eigenvalue weighted by molar-refractivity contribution is 5.70. The van der Waals surface area contributed by atoms with Crippen molar-refractivity contribution in [3.05, 3.63) is 30.1 Å². The van der Waals surface area contributed by atoms with Gasteiger partial charge in [0.05, 0.1) is 5.92 Å². The van der Waals surface area contributed by atoms with Crippen LogP contribution >= 0.6 is 0 Å². The molecule has 110 valence electrons. The molecule has 1 atom stereocenters. The Balaban J connectivity index is 2.02. The molecular formula is C16H24N2O2. The second kappa shape index (κ2) is 6.35. The summed E-state index contributed by atoms with van der Waals surface area (Å²) >= 11 is 0. The molecule has 1 N–H and O–H groups in total. The minimum atomic E-state index is -0.646. The Hall–Kier alpha value is -1.42. The van der Waals surface area contributed by atoms with Gasteiger partial charge in [0.25, 0.3) is 0 Å². The fraction of sp³-hybridized carbons (Fsp3) is 0.625. The average molecular weight is 276 g/mol. The summed E-state index contributed by atoms with van der Waals surface area (Å²) in [7, 11) is 0. The minimum Gasteiger partial charge on any atom is -0.481 e. The lowest BCUT2D eigenvalue weighted by Gasteiger charge is -2.44. The predicted molar refractivity (Wildman–Crippen MR) is 78.6 cm³/mol. The van der Waals surface area contributed by atoms with E-state index in [1.807, 2.05) is 18.3 Å². The van der Waals surface area contributed by atoms with E-state index >= 15 is 0 Å². The summed E-state index contributed by atoms with van der Waals surface area (Å²) in [5.74, 6) is -0.810. The van der Waals surface area contributed by atoms with Crippen LogP contribution in [0.2, 0.25) is 0 Å². The summed E-state index contributed by atoms with van der Waals surface area (Å²) in [5, 5.41) is 9.09. The molecule has 2 heterocycles. The number of hydrogen-bond acceptors (Lipinski definition) is 3. The van der Waals surface area contributed by atoms with Crippen molar-refractivity contribution in [2.45, 2.75) is 45.1 Å². The molecule has 1 aromatic rings. The molecule has 0 aromatic carbocycles. The van der Waals surface area contributed by atoms with E-state index in [2.05, 4.69) is 29.8 Å². The Morgan fingerprint density at radius 3 is 2.65 bits per heavy atom. The van der Waals surface area contributed by atoms with Gasteiger partial charge in [-0.3, -0.25) is 14.7 Å². The first-order valence-electron chi connectivity index (χ1n) is 7.43. The SMILES string of the molecule is CCC(C)(Cc1ccccn1)N1CCC(C(=O)O)CC1. The maximum absolute atomic E-state index is 11.0. The molecular weight excluding hydrogens is 252 g/mol. The van der Waals surface area contributed by atoms with Crippen LogP contribution in [0.15, 0.2) is 24.4 Å². The smallest absolute Gasteiger partial charge is 0.306 e. The van der Waals surface area contributed by atoms with Gasteiger partial charge < -0.3 is 5.11 Å². The van der Waals surface area contributed by atoms with Gasteiger partial charge in [-0.25, -0.2) is 0 Å². The summed E-state index contributed by atoms with van der Waals surface area (Å²) in [5.41, 5.74) is 1.18.